The Labute approximate surface area is 130 Å². The summed E-state index contributed by atoms with van der Waals surface area (Å²) in [6.45, 7) is 7.64. The van der Waals surface area contributed by atoms with E-state index in [4.69, 9.17) is 0 Å². The number of allylic oxidation sites excluding steroid dienone is 1. The molecular weight excluding hydrogens is 256 g/mol. The van der Waals surface area contributed by atoms with Crippen LogP contribution in [0.5, 0.6) is 0 Å². The van der Waals surface area contributed by atoms with E-state index in [0.29, 0.717) is 10.8 Å². The summed E-state index contributed by atoms with van der Waals surface area (Å²) in [6, 6.07) is 0. The van der Waals surface area contributed by atoms with Crippen molar-refractivity contribution in [1.82, 2.24) is 0 Å². The van der Waals surface area contributed by atoms with Gasteiger partial charge in [-0.3, -0.25) is 0 Å². The number of aliphatic hydroxyl groups is 1. The number of hydrogen-bond acceptors (Lipinski definition) is 1. The van der Waals surface area contributed by atoms with E-state index in [1.807, 2.05) is 0 Å². The Morgan fingerprint density at radius 2 is 1.81 bits per heavy atom. The zero-order valence-electron chi connectivity index (χ0n) is 14.1. The molecule has 0 aromatic heterocycles. The summed E-state index contributed by atoms with van der Waals surface area (Å²) in [5, 5.41) is 10.0. The highest BCUT2D eigenvalue weighted by atomic mass is 16.3. The molecule has 5 unspecified atom stereocenters. The van der Waals surface area contributed by atoms with Gasteiger partial charge in [-0.05, 0) is 85.9 Å². The standard InChI is InChI=1S/C20H32O/c1-13-4-7-17-16-6-5-14-12-15(21)8-10-20(14,3)18(16)9-11-19(13,17)2/h12-13,15-18,21H,4-11H2,1-3H3/t13-,15-,16?,17?,18?,19?,20?/m0/s1. The van der Waals surface area contributed by atoms with Crippen molar-refractivity contribution in [3.05, 3.63) is 11.6 Å². The maximum Gasteiger partial charge on any atom is 0.0724 e. The number of fused-ring (bicyclic) bond motifs is 5. The molecule has 0 heterocycles. The van der Waals surface area contributed by atoms with Crippen LogP contribution in [0.3, 0.4) is 0 Å². The molecule has 0 radical (unpaired) electrons. The Bertz CT molecular complexity index is 466. The van der Waals surface area contributed by atoms with Crippen molar-refractivity contribution in [3.8, 4) is 0 Å². The largest absolute Gasteiger partial charge is 0.389 e. The van der Waals surface area contributed by atoms with Crippen LogP contribution in [0.4, 0.5) is 0 Å². The van der Waals surface area contributed by atoms with Crippen LogP contribution in [0, 0.1) is 34.5 Å². The average Bonchev–Trinajstić information content (AvgIpc) is 2.76. The molecule has 7 atom stereocenters. The van der Waals surface area contributed by atoms with E-state index < -0.39 is 0 Å². The third-order valence-electron chi connectivity index (χ3n) is 8.56. The lowest BCUT2D eigenvalue weighted by Crippen LogP contribution is -2.50. The van der Waals surface area contributed by atoms with Crippen LogP contribution in [0.25, 0.3) is 0 Å². The van der Waals surface area contributed by atoms with E-state index in [1.54, 1.807) is 5.57 Å². The highest BCUT2D eigenvalue weighted by molar-refractivity contribution is 5.25. The van der Waals surface area contributed by atoms with E-state index >= 15 is 0 Å². The van der Waals surface area contributed by atoms with Gasteiger partial charge in [-0.25, -0.2) is 0 Å². The van der Waals surface area contributed by atoms with Crippen molar-refractivity contribution in [2.75, 3.05) is 0 Å². The lowest BCUT2D eigenvalue weighted by molar-refractivity contribution is -0.0528. The van der Waals surface area contributed by atoms with Gasteiger partial charge in [-0.1, -0.05) is 32.4 Å². The van der Waals surface area contributed by atoms with Crippen LogP contribution in [-0.4, -0.2) is 11.2 Å². The van der Waals surface area contributed by atoms with Gasteiger partial charge in [0.1, 0.15) is 0 Å². The van der Waals surface area contributed by atoms with Gasteiger partial charge in [0.25, 0.3) is 0 Å². The second-order valence-corrected chi connectivity index (χ2v) is 9.15. The van der Waals surface area contributed by atoms with E-state index in [2.05, 4.69) is 26.8 Å². The van der Waals surface area contributed by atoms with Crippen LogP contribution in [0.15, 0.2) is 11.6 Å². The molecule has 0 aliphatic heterocycles. The van der Waals surface area contributed by atoms with Crippen molar-refractivity contribution in [1.29, 1.82) is 0 Å². The Balaban J connectivity index is 1.67. The maximum atomic E-state index is 10.0. The van der Waals surface area contributed by atoms with Gasteiger partial charge >= 0.3 is 0 Å². The summed E-state index contributed by atoms with van der Waals surface area (Å²) < 4.78 is 0. The Morgan fingerprint density at radius 1 is 1.00 bits per heavy atom. The van der Waals surface area contributed by atoms with E-state index in [9.17, 15) is 5.11 Å². The number of rotatable bonds is 0. The molecule has 0 aromatic carbocycles. The van der Waals surface area contributed by atoms with Crippen LogP contribution < -0.4 is 0 Å². The Hall–Kier alpha value is -0.300. The predicted molar refractivity (Wildman–Crippen MR) is 86.9 cm³/mol. The van der Waals surface area contributed by atoms with Crippen LogP contribution in [0.1, 0.15) is 72.1 Å². The smallest absolute Gasteiger partial charge is 0.0724 e. The fraction of sp³-hybridized carbons (Fsp3) is 0.900. The molecular formula is C20H32O. The number of aliphatic hydroxyl groups excluding tert-OH is 1. The van der Waals surface area contributed by atoms with Crippen LogP contribution >= 0.6 is 0 Å². The van der Waals surface area contributed by atoms with Crippen molar-refractivity contribution < 1.29 is 5.11 Å². The lowest BCUT2D eigenvalue weighted by atomic mass is 9.47. The SMILES string of the molecule is C[C@H]1CCC2C3CCC4=C[C@@H](O)CCC4(C)C3CCC21C. The topological polar surface area (TPSA) is 20.2 Å². The second-order valence-electron chi connectivity index (χ2n) is 9.15. The first kappa shape index (κ1) is 14.3. The molecule has 118 valence electrons. The minimum absolute atomic E-state index is 0.162. The van der Waals surface area contributed by atoms with E-state index in [1.165, 1.54) is 44.9 Å². The summed E-state index contributed by atoms with van der Waals surface area (Å²) in [5.41, 5.74) is 2.65. The Kier molecular flexibility index (Phi) is 3.13. The summed E-state index contributed by atoms with van der Waals surface area (Å²) in [7, 11) is 0. The zero-order chi connectivity index (χ0) is 14.8. The zero-order valence-corrected chi connectivity index (χ0v) is 14.1. The molecule has 0 saturated heterocycles. The molecule has 4 rings (SSSR count). The van der Waals surface area contributed by atoms with E-state index in [-0.39, 0.29) is 6.10 Å². The lowest BCUT2D eigenvalue weighted by Gasteiger charge is -2.58. The molecule has 0 aromatic rings. The van der Waals surface area contributed by atoms with Crippen molar-refractivity contribution >= 4 is 0 Å². The van der Waals surface area contributed by atoms with Crippen molar-refractivity contribution in [2.45, 2.75) is 78.2 Å². The van der Waals surface area contributed by atoms with Crippen LogP contribution in [0.2, 0.25) is 0 Å². The average molecular weight is 288 g/mol. The highest BCUT2D eigenvalue weighted by Crippen LogP contribution is 2.66. The fourth-order valence-corrected chi connectivity index (χ4v) is 6.97. The molecule has 0 bridgehead atoms. The minimum Gasteiger partial charge on any atom is -0.389 e. The fourth-order valence-electron chi connectivity index (χ4n) is 6.97. The molecule has 1 nitrogen and oxygen atoms in total. The number of hydrogen-bond donors (Lipinski definition) is 1. The molecule has 1 N–H and O–H groups in total. The molecule has 3 fully saturated rings. The first-order valence-electron chi connectivity index (χ1n) is 9.34. The van der Waals surface area contributed by atoms with Gasteiger partial charge in [0.15, 0.2) is 0 Å². The summed E-state index contributed by atoms with van der Waals surface area (Å²) in [4.78, 5) is 0. The monoisotopic (exact) mass is 288 g/mol. The van der Waals surface area contributed by atoms with Gasteiger partial charge in [-0.2, -0.15) is 0 Å². The summed E-state index contributed by atoms with van der Waals surface area (Å²) in [6.07, 6.45) is 12.8. The quantitative estimate of drug-likeness (QED) is 0.626. The summed E-state index contributed by atoms with van der Waals surface area (Å²) in [5.74, 6) is 3.78. The molecule has 3 saturated carbocycles. The van der Waals surface area contributed by atoms with E-state index in [0.717, 1.165) is 30.1 Å². The third-order valence-corrected chi connectivity index (χ3v) is 8.56. The molecule has 4 aliphatic carbocycles. The van der Waals surface area contributed by atoms with Gasteiger partial charge in [0, 0.05) is 0 Å². The van der Waals surface area contributed by atoms with Gasteiger partial charge in [0.2, 0.25) is 0 Å². The van der Waals surface area contributed by atoms with Gasteiger partial charge in [0.05, 0.1) is 6.10 Å². The predicted octanol–water partition coefficient (Wildman–Crippen LogP) is 4.95. The minimum atomic E-state index is -0.162. The third kappa shape index (κ3) is 1.85. The normalized spacial score (nSPS) is 56.2. The molecule has 0 amide bonds. The van der Waals surface area contributed by atoms with Crippen molar-refractivity contribution in [2.24, 2.45) is 34.5 Å². The maximum absolute atomic E-state index is 10.0. The first-order chi connectivity index (χ1) is 9.95. The van der Waals surface area contributed by atoms with Crippen LogP contribution in [-0.2, 0) is 0 Å². The van der Waals surface area contributed by atoms with Gasteiger partial charge < -0.3 is 5.11 Å². The van der Waals surface area contributed by atoms with Gasteiger partial charge in [-0.15, -0.1) is 0 Å². The molecule has 21 heavy (non-hydrogen) atoms. The molecule has 1 heteroatoms. The first-order valence-corrected chi connectivity index (χ1v) is 9.34. The Morgan fingerprint density at radius 3 is 2.62 bits per heavy atom. The highest BCUT2D eigenvalue weighted by Gasteiger charge is 2.57. The van der Waals surface area contributed by atoms with Crippen molar-refractivity contribution in [3.63, 3.8) is 0 Å². The molecule has 0 spiro atoms. The second kappa shape index (κ2) is 4.60. The summed E-state index contributed by atoms with van der Waals surface area (Å²) >= 11 is 0. The molecule has 4 aliphatic rings.